The van der Waals surface area contributed by atoms with Crippen LogP contribution >= 0.6 is 11.8 Å². The molecule has 6 rings (SSSR count). The third-order valence-corrected chi connectivity index (χ3v) is 10.8. The van der Waals surface area contributed by atoms with Gasteiger partial charge in [0.15, 0.2) is 5.82 Å². The van der Waals surface area contributed by atoms with Gasteiger partial charge in [-0.2, -0.15) is 0 Å². The zero-order chi connectivity index (χ0) is 31.2. The van der Waals surface area contributed by atoms with Gasteiger partial charge in [0.25, 0.3) is 0 Å². The van der Waals surface area contributed by atoms with E-state index in [9.17, 15) is 9.59 Å². The Kier molecular flexibility index (Phi) is 10.8. The van der Waals surface area contributed by atoms with Crippen LogP contribution in [0.15, 0.2) is 46.2 Å². The normalized spacial score (nSPS) is 27.7. The lowest BCUT2D eigenvalue weighted by molar-refractivity contribution is -0.140. The zero-order valence-electron chi connectivity index (χ0n) is 26.4. The molecular weight excluding hydrogens is 588 g/mol. The number of nitrogens with zero attached hydrogens (tertiary/aromatic N) is 5. The van der Waals surface area contributed by atoms with E-state index in [2.05, 4.69) is 51.0 Å². The van der Waals surface area contributed by atoms with Gasteiger partial charge >= 0.3 is 0 Å². The largest absolute Gasteiger partial charge is 0.381 e. The molecule has 0 spiro atoms. The summed E-state index contributed by atoms with van der Waals surface area (Å²) in [6.07, 6.45) is 18.3. The highest BCUT2D eigenvalue weighted by Crippen LogP contribution is 2.35. The lowest BCUT2D eigenvalue weighted by Crippen LogP contribution is -2.61. The molecule has 11 heteroatoms. The molecule has 4 fully saturated rings. The van der Waals surface area contributed by atoms with Crippen molar-refractivity contribution in [2.45, 2.75) is 83.1 Å². The molecule has 0 aromatic carbocycles. The maximum atomic E-state index is 13.0. The molecule has 5 aliphatic rings. The number of allylic oxidation sites excluding steroid dienone is 4. The first-order valence-electron chi connectivity index (χ1n) is 16.5. The van der Waals surface area contributed by atoms with Gasteiger partial charge in [0.1, 0.15) is 6.61 Å². The summed E-state index contributed by atoms with van der Waals surface area (Å²) in [5.74, 6) is 1.56. The maximum Gasteiger partial charge on any atom is 0.228 e. The first kappa shape index (κ1) is 32.1. The number of rotatable bonds is 11. The van der Waals surface area contributed by atoms with Crippen LogP contribution in [-0.4, -0.2) is 95.2 Å². The SMILES string of the molecule is C=NC1=C(SCNC(=O)C2CC(N3CCN(C(=O)C4CCOC4)CC3C)C2)C=C(c2cnc(COC3CCCC3)nc2)CC=C1. The highest BCUT2D eigenvalue weighted by atomic mass is 32.2. The standard InChI is InChI=1S/C34H46N6O4S/c1-23-19-39(34(42)25-10-13-43-20-25)11-12-40(23)28-14-26(15-28)33(41)38-22-45-31-16-24(6-5-9-30(31)35-2)27-17-36-32(37-18-27)21-44-29-7-3-4-8-29/h5,9,16-18,23,25-26,28-29H,2-4,6-8,10-15,19-22H2,1H3,(H,38,41). The highest BCUT2D eigenvalue weighted by molar-refractivity contribution is 8.03. The predicted octanol–water partition coefficient (Wildman–Crippen LogP) is 4.35. The van der Waals surface area contributed by atoms with Crippen molar-refractivity contribution in [2.24, 2.45) is 16.8 Å². The fourth-order valence-electron chi connectivity index (χ4n) is 7.06. The number of piperazine rings is 1. The van der Waals surface area contributed by atoms with E-state index < -0.39 is 0 Å². The van der Waals surface area contributed by atoms with Crippen molar-refractivity contribution in [1.29, 1.82) is 0 Å². The summed E-state index contributed by atoms with van der Waals surface area (Å²) >= 11 is 1.56. The summed E-state index contributed by atoms with van der Waals surface area (Å²) in [5, 5.41) is 3.14. The molecule has 1 aromatic rings. The van der Waals surface area contributed by atoms with Gasteiger partial charge in [0, 0.05) is 67.1 Å². The summed E-state index contributed by atoms with van der Waals surface area (Å²) in [6.45, 7) is 10.0. The molecule has 3 heterocycles. The van der Waals surface area contributed by atoms with Crippen molar-refractivity contribution in [3.63, 3.8) is 0 Å². The van der Waals surface area contributed by atoms with E-state index in [1.807, 2.05) is 23.4 Å². The molecule has 2 atom stereocenters. The third-order valence-electron chi connectivity index (χ3n) is 9.86. The van der Waals surface area contributed by atoms with E-state index in [4.69, 9.17) is 9.47 Å². The molecule has 2 saturated carbocycles. The van der Waals surface area contributed by atoms with Gasteiger partial charge in [-0.25, -0.2) is 9.97 Å². The lowest BCUT2D eigenvalue weighted by atomic mass is 9.78. The van der Waals surface area contributed by atoms with Crippen molar-refractivity contribution >= 4 is 35.9 Å². The highest BCUT2D eigenvalue weighted by Gasteiger charge is 2.42. The van der Waals surface area contributed by atoms with Crippen LogP contribution in [0.25, 0.3) is 5.57 Å². The van der Waals surface area contributed by atoms with Gasteiger partial charge in [-0.05, 0) is 69.9 Å². The average Bonchev–Trinajstić information content (AvgIpc) is 3.73. The number of ether oxygens (including phenoxy) is 2. The van der Waals surface area contributed by atoms with Crippen LogP contribution in [0.4, 0.5) is 0 Å². The Morgan fingerprint density at radius 1 is 1.16 bits per heavy atom. The van der Waals surface area contributed by atoms with Crippen LogP contribution in [-0.2, 0) is 25.7 Å². The fraction of sp³-hybridized carbons (Fsp3) is 0.618. The van der Waals surface area contributed by atoms with Gasteiger partial charge in [0.2, 0.25) is 11.8 Å². The molecule has 1 aromatic heterocycles. The Morgan fingerprint density at radius 3 is 2.67 bits per heavy atom. The van der Waals surface area contributed by atoms with Crippen LogP contribution in [0, 0.1) is 11.8 Å². The topological polar surface area (TPSA) is 109 Å². The molecule has 3 aliphatic carbocycles. The minimum absolute atomic E-state index is 0.0235. The number of nitrogens with one attached hydrogen (secondary N) is 1. The Labute approximate surface area is 270 Å². The summed E-state index contributed by atoms with van der Waals surface area (Å²) in [5.41, 5.74) is 2.85. The maximum absolute atomic E-state index is 13.0. The molecule has 2 unspecified atom stereocenters. The average molecular weight is 635 g/mol. The van der Waals surface area contributed by atoms with E-state index >= 15 is 0 Å². The van der Waals surface area contributed by atoms with Crippen LogP contribution in [0.2, 0.25) is 0 Å². The second-order valence-corrected chi connectivity index (χ2v) is 13.9. The van der Waals surface area contributed by atoms with Crippen LogP contribution in [0.1, 0.15) is 69.7 Å². The van der Waals surface area contributed by atoms with Crippen molar-refractivity contribution in [3.05, 3.63) is 52.6 Å². The van der Waals surface area contributed by atoms with E-state index in [1.165, 1.54) is 12.8 Å². The quantitative estimate of drug-likeness (QED) is 0.283. The van der Waals surface area contributed by atoms with E-state index in [0.717, 1.165) is 79.9 Å². The second-order valence-electron chi connectivity index (χ2n) is 12.9. The number of hydrogen-bond acceptors (Lipinski definition) is 9. The van der Waals surface area contributed by atoms with Crippen molar-refractivity contribution in [3.8, 4) is 0 Å². The first-order chi connectivity index (χ1) is 22.0. The van der Waals surface area contributed by atoms with E-state index in [-0.39, 0.29) is 23.7 Å². The second kappa shape index (κ2) is 15.2. The number of aliphatic imine (C=N–C) groups is 1. The minimum Gasteiger partial charge on any atom is -0.381 e. The first-order valence-corrected chi connectivity index (χ1v) is 17.5. The third kappa shape index (κ3) is 7.93. The number of thioether (sulfide) groups is 1. The zero-order valence-corrected chi connectivity index (χ0v) is 27.2. The van der Waals surface area contributed by atoms with Gasteiger partial charge < -0.3 is 19.7 Å². The van der Waals surface area contributed by atoms with Crippen LogP contribution in [0.5, 0.6) is 0 Å². The molecule has 0 bridgehead atoms. The number of amides is 2. The summed E-state index contributed by atoms with van der Waals surface area (Å²) in [4.78, 5) is 44.7. The van der Waals surface area contributed by atoms with Gasteiger partial charge in [0.05, 0.1) is 30.2 Å². The molecular formula is C34H46N6O4S. The van der Waals surface area contributed by atoms with Crippen molar-refractivity contribution < 1.29 is 19.1 Å². The minimum atomic E-state index is 0.0235. The lowest BCUT2D eigenvalue weighted by Gasteiger charge is -2.49. The number of carbonyl (C=O) groups excluding carboxylic acids is 2. The van der Waals surface area contributed by atoms with Crippen molar-refractivity contribution in [2.75, 3.05) is 38.7 Å². The number of hydrogen-bond donors (Lipinski definition) is 1. The van der Waals surface area contributed by atoms with Gasteiger partial charge in [-0.3, -0.25) is 19.5 Å². The summed E-state index contributed by atoms with van der Waals surface area (Å²) in [7, 11) is 0. The van der Waals surface area contributed by atoms with E-state index in [1.54, 1.807) is 11.8 Å². The van der Waals surface area contributed by atoms with E-state index in [0.29, 0.717) is 49.7 Å². The Bertz CT molecular complexity index is 1310. The molecule has 10 nitrogen and oxygen atoms in total. The van der Waals surface area contributed by atoms with Crippen LogP contribution < -0.4 is 5.32 Å². The van der Waals surface area contributed by atoms with Gasteiger partial charge in [-0.15, -0.1) is 11.8 Å². The summed E-state index contributed by atoms with van der Waals surface area (Å²) < 4.78 is 11.4. The molecule has 1 N–H and O–H groups in total. The van der Waals surface area contributed by atoms with Gasteiger partial charge in [-0.1, -0.05) is 18.9 Å². The molecule has 45 heavy (non-hydrogen) atoms. The monoisotopic (exact) mass is 634 g/mol. The molecule has 0 radical (unpaired) electrons. The van der Waals surface area contributed by atoms with Crippen molar-refractivity contribution in [1.82, 2.24) is 25.1 Å². The molecule has 242 valence electrons. The molecule has 2 aliphatic heterocycles. The van der Waals surface area contributed by atoms with Crippen LogP contribution in [0.3, 0.4) is 0 Å². The molecule has 2 saturated heterocycles. The number of carbonyl (C=O) groups is 2. The predicted molar refractivity (Wildman–Crippen MR) is 176 cm³/mol. The Balaban J connectivity index is 0.960. The summed E-state index contributed by atoms with van der Waals surface area (Å²) in [6, 6.07) is 0.692. The molecule has 2 amide bonds. The smallest absolute Gasteiger partial charge is 0.228 e. The fourth-order valence-corrected chi connectivity index (χ4v) is 7.94. The Morgan fingerprint density at radius 2 is 1.96 bits per heavy atom. The Hall–Kier alpha value is -2.86. The number of aromatic nitrogens is 2.